The highest BCUT2D eigenvalue weighted by Crippen LogP contribution is 2.55. The lowest BCUT2D eigenvalue weighted by atomic mass is 9.80. The third-order valence-electron chi connectivity index (χ3n) is 5.69. The molecule has 1 saturated heterocycles. The van der Waals surface area contributed by atoms with E-state index in [0.717, 1.165) is 16.7 Å². The van der Waals surface area contributed by atoms with Gasteiger partial charge in [0, 0.05) is 23.3 Å². The first kappa shape index (κ1) is 20.4. The zero-order valence-corrected chi connectivity index (χ0v) is 17.6. The van der Waals surface area contributed by atoms with Gasteiger partial charge >= 0.3 is 0 Å². The normalized spacial score (nSPS) is 21.1. The van der Waals surface area contributed by atoms with Crippen molar-refractivity contribution in [2.75, 3.05) is 18.7 Å². The summed E-state index contributed by atoms with van der Waals surface area (Å²) in [5.41, 5.74) is 10.8. The molecule has 0 aliphatic carbocycles. The van der Waals surface area contributed by atoms with Crippen LogP contribution < -0.4 is 0 Å². The molecule has 3 aromatic rings. The maximum atomic E-state index is 13.5. The van der Waals surface area contributed by atoms with E-state index in [1.54, 1.807) is 0 Å². The molecule has 4 rings (SSSR count). The van der Waals surface area contributed by atoms with Crippen LogP contribution in [0, 0.1) is 0 Å². The topological polar surface area (TPSA) is 75.1 Å². The standard InChI is InChI=1S/C24H24N3O2P/c25-27-26-23-16-17-30(28,18-23)19-29-24(20-10-4-1-5-11-20,21-12-6-2-7-13-21)22-14-8-3-9-15-22/h1-15,23H,16-19H2/t23-,30?/m0/s1. The van der Waals surface area contributed by atoms with Gasteiger partial charge in [0.25, 0.3) is 0 Å². The smallest absolute Gasteiger partial charge is 0.144 e. The van der Waals surface area contributed by atoms with Crippen LogP contribution >= 0.6 is 7.14 Å². The van der Waals surface area contributed by atoms with Gasteiger partial charge in [0.05, 0.1) is 0 Å². The number of hydrogen-bond acceptors (Lipinski definition) is 3. The van der Waals surface area contributed by atoms with Gasteiger partial charge in [0.15, 0.2) is 0 Å². The van der Waals surface area contributed by atoms with Crippen molar-refractivity contribution in [1.29, 1.82) is 0 Å². The fourth-order valence-electron chi connectivity index (χ4n) is 4.22. The average Bonchev–Trinajstić information content (AvgIpc) is 3.17. The fraction of sp³-hybridized carbons (Fsp3) is 0.250. The molecule has 1 aliphatic rings. The molecule has 0 bridgehead atoms. The summed E-state index contributed by atoms with van der Waals surface area (Å²) in [7, 11) is -2.60. The summed E-state index contributed by atoms with van der Waals surface area (Å²) in [5, 5.41) is 3.79. The van der Waals surface area contributed by atoms with Gasteiger partial charge in [0.2, 0.25) is 0 Å². The molecule has 2 atom stereocenters. The lowest BCUT2D eigenvalue weighted by molar-refractivity contribution is 0.0424. The second kappa shape index (κ2) is 8.89. The molecule has 6 heteroatoms. The Labute approximate surface area is 176 Å². The quantitative estimate of drug-likeness (QED) is 0.147. The molecule has 5 nitrogen and oxygen atoms in total. The zero-order chi connectivity index (χ0) is 20.9. The van der Waals surface area contributed by atoms with Crippen LogP contribution in [-0.4, -0.2) is 24.7 Å². The summed E-state index contributed by atoms with van der Waals surface area (Å²) < 4.78 is 20.2. The number of benzene rings is 3. The van der Waals surface area contributed by atoms with Crippen molar-refractivity contribution in [2.24, 2.45) is 5.11 Å². The van der Waals surface area contributed by atoms with Crippen LogP contribution in [0.2, 0.25) is 0 Å². The van der Waals surface area contributed by atoms with Gasteiger partial charge in [-0.1, -0.05) is 96.1 Å². The van der Waals surface area contributed by atoms with E-state index in [-0.39, 0.29) is 12.4 Å². The first-order valence-electron chi connectivity index (χ1n) is 10.1. The van der Waals surface area contributed by atoms with Crippen molar-refractivity contribution in [3.63, 3.8) is 0 Å². The second-order valence-electron chi connectivity index (χ2n) is 7.66. The van der Waals surface area contributed by atoms with Gasteiger partial charge in [-0.05, 0) is 28.6 Å². The average molecular weight is 417 g/mol. The number of nitrogens with zero attached hydrogens (tertiary/aromatic N) is 3. The maximum absolute atomic E-state index is 13.5. The van der Waals surface area contributed by atoms with Crippen molar-refractivity contribution in [3.05, 3.63) is 118 Å². The van der Waals surface area contributed by atoms with E-state index in [9.17, 15) is 4.57 Å². The molecule has 1 unspecified atom stereocenters. The highest BCUT2D eigenvalue weighted by atomic mass is 31.2. The molecular formula is C24H24N3O2P. The summed E-state index contributed by atoms with van der Waals surface area (Å²) >= 11 is 0. The molecule has 0 radical (unpaired) electrons. The van der Waals surface area contributed by atoms with Crippen LogP contribution in [0.5, 0.6) is 0 Å². The van der Waals surface area contributed by atoms with E-state index >= 15 is 0 Å². The number of azide groups is 1. The lowest BCUT2D eigenvalue weighted by Gasteiger charge is -2.36. The van der Waals surface area contributed by atoms with E-state index in [0.29, 0.717) is 18.7 Å². The van der Waals surface area contributed by atoms with E-state index in [1.165, 1.54) is 0 Å². The first-order valence-corrected chi connectivity index (χ1v) is 12.3. The molecule has 0 aromatic heterocycles. The highest BCUT2D eigenvalue weighted by molar-refractivity contribution is 7.64. The van der Waals surface area contributed by atoms with Gasteiger partial charge in [-0.2, -0.15) is 0 Å². The van der Waals surface area contributed by atoms with Gasteiger partial charge in [-0.3, -0.25) is 0 Å². The SMILES string of the molecule is [N-]=[N+]=N[C@H]1CCP(=O)(COC(c2ccccc2)(c2ccccc2)c2ccccc2)C1. The first-order chi connectivity index (χ1) is 14.7. The molecular weight excluding hydrogens is 393 g/mol. The third kappa shape index (κ3) is 4.06. The summed E-state index contributed by atoms with van der Waals surface area (Å²) in [6.45, 7) is 0. The zero-order valence-electron chi connectivity index (χ0n) is 16.7. The molecule has 30 heavy (non-hydrogen) atoms. The van der Waals surface area contributed by atoms with Crippen molar-refractivity contribution in [1.82, 2.24) is 0 Å². The fourth-order valence-corrected chi connectivity index (χ4v) is 6.86. The minimum Gasteiger partial charge on any atom is -0.353 e. The predicted octanol–water partition coefficient (Wildman–Crippen LogP) is 6.40. The molecule has 1 fully saturated rings. The van der Waals surface area contributed by atoms with Crippen molar-refractivity contribution in [3.8, 4) is 0 Å². The molecule has 1 heterocycles. The Hall–Kier alpha value is -2.84. The minimum absolute atomic E-state index is 0.142. The van der Waals surface area contributed by atoms with Crippen molar-refractivity contribution < 1.29 is 9.30 Å². The molecule has 0 spiro atoms. The highest BCUT2D eigenvalue weighted by Gasteiger charge is 2.41. The van der Waals surface area contributed by atoms with Crippen molar-refractivity contribution >= 4 is 7.14 Å². The molecule has 152 valence electrons. The monoisotopic (exact) mass is 417 g/mol. The Balaban J connectivity index is 1.80. The summed E-state index contributed by atoms with van der Waals surface area (Å²) in [4.78, 5) is 2.90. The Morgan fingerprint density at radius 1 is 0.900 bits per heavy atom. The Morgan fingerprint density at radius 3 is 1.80 bits per heavy atom. The van der Waals surface area contributed by atoms with Crippen LogP contribution in [0.15, 0.2) is 96.1 Å². The van der Waals surface area contributed by atoms with E-state index in [1.807, 2.05) is 91.0 Å². The molecule has 0 amide bonds. The van der Waals surface area contributed by atoms with Crippen molar-refractivity contribution in [2.45, 2.75) is 18.1 Å². The van der Waals surface area contributed by atoms with Gasteiger partial charge in [0.1, 0.15) is 19.1 Å². The molecule has 3 aromatic carbocycles. The van der Waals surface area contributed by atoms with Crippen LogP contribution in [0.25, 0.3) is 10.4 Å². The lowest BCUT2D eigenvalue weighted by Crippen LogP contribution is -2.33. The summed E-state index contributed by atoms with van der Waals surface area (Å²) in [6, 6.07) is 30.0. The summed E-state index contributed by atoms with van der Waals surface area (Å²) in [6.07, 6.45) is 1.75. The third-order valence-corrected chi connectivity index (χ3v) is 8.45. The molecule has 0 saturated carbocycles. The van der Waals surface area contributed by atoms with Crippen LogP contribution in [-0.2, 0) is 14.9 Å². The maximum Gasteiger partial charge on any atom is 0.144 e. The molecule has 1 aliphatic heterocycles. The van der Waals surface area contributed by atoms with Crippen LogP contribution in [0.1, 0.15) is 23.1 Å². The van der Waals surface area contributed by atoms with E-state index in [2.05, 4.69) is 10.0 Å². The number of ether oxygens (including phenoxy) is 1. The Bertz CT molecular complexity index is 971. The number of hydrogen-bond donors (Lipinski definition) is 0. The van der Waals surface area contributed by atoms with Gasteiger partial charge < -0.3 is 9.30 Å². The second-order valence-corrected chi connectivity index (χ2v) is 10.9. The Morgan fingerprint density at radius 2 is 1.37 bits per heavy atom. The van der Waals surface area contributed by atoms with Crippen LogP contribution in [0.3, 0.4) is 0 Å². The molecule has 0 N–H and O–H groups in total. The van der Waals surface area contributed by atoms with E-state index in [4.69, 9.17) is 10.3 Å². The van der Waals surface area contributed by atoms with Gasteiger partial charge in [-0.15, -0.1) is 0 Å². The Kier molecular flexibility index (Phi) is 6.06. The number of rotatable bonds is 7. The largest absolute Gasteiger partial charge is 0.353 e. The predicted molar refractivity (Wildman–Crippen MR) is 120 cm³/mol. The van der Waals surface area contributed by atoms with Crippen LogP contribution in [0.4, 0.5) is 0 Å². The minimum atomic E-state index is -2.60. The van der Waals surface area contributed by atoms with E-state index < -0.39 is 12.7 Å². The van der Waals surface area contributed by atoms with Gasteiger partial charge in [-0.25, -0.2) is 0 Å². The summed E-state index contributed by atoms with van der Waals surface area (Å²) in [5.74, 6) is 0.